The van der Waals surface area contributed by atoms with Gasteiger partial charge in [-0.1, -0.05) is 72.9 Å². The highest BCUT2D eigenvalue weighted by atomic mass is 15.4. The molecule has 0 aliphatic rings. The molecule has 0 fully saturated rings. The van der Waals surface area contributed by atoms with Gasteiger partial charge in [0, 0.05) is 18.2 Å². The number of rotatable bonds is 9. The second kappa shape index (κ2) is 7.42. The van der Waals surface area contributed by atoms with Crippen LogP contribution in [0.5, 0.6) is 0 Å². The van der Waals surface area contributed by atoms with Gasteiger partial charge >= 0.3 is 0 Å². The average Bonchev–Trinajstić information content (AvgIpc) is 2.84. The molecule has 1 aromatic heterocycles. The van der Waals surface area contributed by atoms with Crippen LogP contribution in [0.15, 0.2) is 6.20 Å². The summed E-state index contributed by atoms with van der Waals surface area (Å²) >= 11 is 0. The first-order valence-electron chi connectivity index (χ1n) is 8.67. The van der Waals surface area contributed by atoms with Crippen molar-refractivity contribution in [2.45, 2.75) is 92.5 Å². The van der Waals surface area contributed by atoms with Gasteiger partial charge < -0.3 is 0 Å². The van der Waals surface area contributed by atoms with Crippen LogP contribution < -0.4 is 0 Å². The smallest absolute Gasteiger partial charge is 0.0883 e. The van der Waals surface area contributed by atoms with Crippen molar-refractivity contribution in [1.29, 1.82) is 0 Å². The first kappa shape index (κ1) is 18.2. The van der Waals surface area contributed by atoms with Gasteiger partial charge in [-0.05, 0) is 24.2 Å². The van der Waals surface area contributed by atoms with Crippen LogP contribution in [0, 0.1) is 11.3 Å². The molecule has 0 aromatic carbocycles. The highest BCUT2D eigenvalue weighted by molar-refractivity contribution is 5.10. The highest BCUT2D eigenvalue weighted by Crippen LogP contribution is 2.43. The Morgan fingerprint density at radius 3 is 2.29 bits per heavy atom. The van der Waals surface area contributed by atoms with Gasteiger partial charge in [0.05, 0.1) is 5.69 Å². The first-order chi connectivity index (χ1) is 9.76. The van der Waals surface area contributed by atoms with Crippen molar-refractivity contribution in [1.82, 2.24) is 15.0 Å². The molecule has 1 aromatic rings. The molecule has 1 atom stereocenters. The van der Waals surface area contributed by atoms with Gasteiger partial charge in [-0.15, -0.1) is 5.10 Å². The molecule has 1 rings (SSSR count). The normalized spacial score (nSPS) is 14.4. The molecule has 0 aliphatic carbocycles. The molecule has 0 N–H and O–H groups in total. The summed E-state index contributed by atoms with van der Waals surface area (Å²) in [6, 6.07) is 0. The van der Waals surface area contributed by atoms with Crippen molar-refractivity contribution in [2.24, 2.45) is 11.3 Å². The first-order valence-corrected chi connectivity index (χ1v) is 8.67. The van der Waals surface area contributed by atoms with Crippen LogP contribution in [0.4, 0.5) is 0 Å². The van der Waals surface area contributed by atoms with Gasteiger partial charge in [-0.3, -0.25) is 4.68 Å². The van der Waals surface area contributed by atoms with Gasteiger partial charge in [-0.2, -0.15) is 0 Å². The number of aromatic nitrogens is 3. The predicted molar refractivity (Wildman–Crippen MR) is 90.4 cm³/mol. The van der Waals surface area contributed by atoms with E-state index in [4.69, 9.17) is 0 Å². The Bertz CT molecular complexity index is 418. The summed E-state index contributed by atoms with van der Waals surface area (Å²) in [6.07, 6.45) is 8.25. The van der Waals surface area contributed by atoms with E-state index in [0.29, 0.717) is 5.41 Å². The topological polar surface area (TPSA) is 30.7 Å². The van der Waals surface area contributed by atoms with E-state index in [1.165, 1.54) is 19.3 Å². The largest absolute Gasteiger partial charge is 0.252 e. The maximum absolute atomic E-state index is 4.43. The molecular formula is C18H35N3. The summed E-state index contributed by atoms with van der Waals surface area (Å²) in [5.41, 5.74) is 1.55. The number of aryl methyl sites for hydroxylation is 1. The SMILES string of the molecule is CCCC(CC)C(C)(C)CC(C)(C)c1cn(CCC)nn1. The third kappa shape index (κ3) is 4.82. The third-order valence-electron chi connectivity index (χ3n) is 4.82. The molecule has 21 heavy (non-hydrogen) atoms. The van der Waals surface area contributed by atoms with Crippen LogP contribution in [0.1, 0.15) is 86.3 Å². The van der Waals surface area contributed by atoms with Crippen molar-refractivity contribution >= 4 is 0 Å². The second-order valence-corrected chi connectivity index (χ2v) is 7.81. The Balaban J connectivity index is 2.85. The molecule has 0 saturated heterocycles. The lowest BCUT2D eigenvalue weighted by molar-refractivity contribution is 0.139. The molecule has 3 heteroatoms. The average molecular weight is 293 g/mol. The molecule has 0 amide bonds. The monoisotopic (exact) mass is 293 g/mol. The van der Waals surface area contributed by atoms with E-state index in [1.807, 2.05) is 4.68 Å². The number of hydrogen-bond acceptors (Lipinski definition) is 2. The summed E-state index contributed by atoms with van der Waals surface area (Å²) in [7, 11) is 0. The van der Waals surface area contributed by atoms with Crippen LogP contribution in [0.3, 0.4) is 0 Å². The molecule has 1 heterocycles. The summed E-state index contributed by atoms with van der Waals surface area (Å²) in [5.74, 6) is 0.785. The van der Waals surface area contributed by atoms with E-state index in [9.17, 15) is 0 Å². The Morgan fingerprint density at radius 2 is 1.76 bits per heavy atom. The van der Waals surface area contributed by atoms with E-state index < -0.39 is 0 Å². The summed E-state index contributed by atoms with van der Waals surface area (Å²) in [4.78, 5) is 0. The van der Waals surface area contributed by atoms with Crippen molar-refractivity contribution in [3.05, 3.63) is 11.9 Å². The van der Waals surface area contributed by atoms with Gasteiger partial charge in [0.15, 0.2) is 0 Å². The van der Waals surface area contributed by atoms with E-state index >= 15 is 0 Å². The fraction of sp³-hybridized carbons (Fsp3) is 0.889. The quantitative estimate of drug-likeness (QED) is 0.626. The maximum Gasteiger partial charge on any atom is 0.0883 e. The third-order valence-corrected chi connectivity index (χ3v) is 4.82. The maximum atomic E-state index is 4.43. The molecule has 0 radical (unpaired) electrons. The van der Waals surface area contributed by atoms with Crippen molar-refractivity contribution < 1.29 is 0 Å². The lowest BCUT2D eigenvalue weighted by Gasteiger charge is -2.39. The van der Waals surface area contributed by atoms with E-state index in [2.05, 4.69) is 65.0 Å². The fourth-order valence-electron chi connectivity index (χ4n) is 3.82. The molecule has 1 unspecified atom stereocenters. The molecule has 0 aliphatic heterocycles. The molecule has 3 nitrogen and oxygen atoms in total. The van der Waals surface area contributed by atoms with Gasteiger partial charge in [0.2, 0.25) is 0 Å². The summed E-state index contributed by atoms with van der Waals surface area (Å²) in [6.45, 7) is 17.2. The van der Waals surface area contributed by atoms with E-state index in [1.54, 1.807) is 0 Å². The Kier molecular flexibility index (Phi) is 6.42. The van der Waals surface area contributed by atoms with Crippen molar-refractivity contribution in [3.8, 4) is 0 Å². The van der Waals surface area contributed by atoms with Gasteiger partial charge in [0.25, 0.3) is 0 Å². The summed E-state index contributed by atoms with van der Waals surface area (Å²) in [5, 5.41) is 8.70. The molecule has 0 bridgehead atoms. The van der Waals surface area contributed by atoms with Crippen LogP contribution >= 0.6 is 0 Å². The van der Waals surface area contributed by atoms with Crippen molar-refractivity contribution in [3.63, 3.8) is 0 Å². The minimum atomic E-state index is 0.0800. The van der Waals surface area contributed by atoms with E-state index in [-0.39, 0.29) is 5.41 Å². The standard InChI is InChI=1S/C18H35N3/c1-8-11-15(10-3)17(4,5)14-18(6,7)16-13-21(12-9-2)20-19-16/h13,15H,8-12,14H2,1-7H3. The van der Waals surface area contributed by atoms with Crippen LogP contribution in [-0.4, -0.2) is 15.0 Å². The van der Waals surface area contributed by atoms with E-state index in [0.717, 1.165) is 31.0 Å². The lowest BCUT2D eigenvalue weighted by Crippen LogP contribution is -2.32. The lowest BCUT2D eigenvalue weighted by atomic mass is 9.65. The van der Waals surface area contributed by atoms with Crippen LogP contribution in [0.2, 0.25) is 0 Å². The Morgan fingerprint density at radius 1 is 1.10 bits per heavy atom. The zero-order valence-electron chi connectivity index (χ0n) is 15.2. The van der Waals surface area contributed by atoms with Crippen molar-refractivity contribution in [2.75, 3.05) is 0 Å². The number of hydrogen-bond donors (Lipinski definition) is 0. The van der Waals surface area contributed by atoms with Gasteiger partial charge in [-0.25, -0.2) is 0 Å². The number of nitrogens with zero attached hydrogens (tertiary/aromatic N) is 3. The zero-order chi connectivity index (χ0) is 16.1. The highest BCUT2D eigenvalue weighted by Gasteiger charge is 2.36. The molecule has 122 valence electrons. The van der Waals surface area contributed by atoms with Gasteiger partial charge in [0.1, 0.15) is 0 Å². The summed E-state index contributed by atoms with van der Waals surface area (Å²) < 4.78 is 1.98. The second-order valence-electron chi connectivity index (χ2n) is 7.81. The predicted octanol–water partition coefficient (Wildman–Crippen LogP) is 5.21. The van der Waals surface area contributed by atoms with Crippen LogP contribution in [0.25, 0.3) is 0 Å². The minimum absolute atomic E-state index is 0.0800. The Hall–Kier alpha value is -0.860. The fourth-order valence-corrected chi connectivity index (χ4v) is 3.82. The Labute approximate surface area is 131 Å². The zero-order valence-corrected chi connectivity index (χ0v) is 15.2. The molecule has 0 spiro atoms. The molecular weight excluding hydrogens is 258 g/mol. The molecule has 0 saturated carbocycles. The van der Waals surface area contributed by atoms with Crippen LogP contribution in [-0.2, 0) is 12.0 Å². The minimum Gasteiger partial charge on any atom is -0.252 e.